The van der Waals surface area contributed by atoms with Gasteiger partial charge in [0.25, 0.3) is 5.91 Å². The van der Waals surface area contributed by atoms with Crippen molar-refractivity contribution in [3.63, 3.8) is 0 Å². The molecular formula is C27H30N6O4. The van der Waals surface area contributed by atoms with Crippen LogP contribution in [0.2, 0.25) is 0 Å². The number of ether oxygens (including phenoxy) is 1. The van der Waals surface area contributed by atoms with Crippen molar-refractivity contribution in [1.29, 1.82) is 5.26 Å². The van der Waals surface area contributed by atoms with Crippen LogP contribution < -0.4 is 10.6 Å². The third-order valence-corrected chi connectivity index (χ3v) is 7.72. The van der Waals surface area contributed by atoms with Crippen LogP contribution >= 0.6 is 0 Å². The largest absolute Gasteiger partial charge is 0.469 e. The number of carbonyl (C=O) groups is 2. The highest BCUT2D eigenvalue weighted by molar-refractivity contribution is 6.00. The molecule has 0 radical (unpaired) electrons. The lowest BCUT2D eigenvalue weighted by Gasteiger charge is -2.51. The predicted octanol–water partition coefficient (Wildman–Crippen LogP) is 3.20. The molecule has 3 aromatic heterocycles. The molecule has 3 aromatic rings. The van der Waals surface area contributed by atoms with E-state index in [1.807, 2.05) is 18.2 Å². The van der Waals surface area contributed by atoms with Gasteiger partial charge in [0.15, 0.2) is 0 Å². The number of esters is 1. The van der Waals surface area contributed by atoms with Crippen LogP contribution in [-0.4, -0.2) is 56.4 Å². The van der Waals surface area contributed by atoms with Gasteiger partial charge in [-0.3, -0.25) is 14.6 Å². The Bertz CT molecular complexity index is 1370. The van der Waals surface area contributed by atoms with E-state index in [2.05, 4.69) is 31.5 Å². The number of nitrogens with zero attached hydrogens (tertiary/aromatic N) is 4. The maximum atomic E-state index is 13.2. The summed E-state index contributed by atoms with van der Waals surface area (Å²) in [5, 5.41) is 30.8. The number of rotatable bonds is 8. The van der Waals surface area contributed by atoms with E-state index in [1.54, 1.807) is 16.8 Å². The molecule has 3 saturated carbocycles. The fourth-order valence-corrected chi connectivity index (χ4v) is 5.41. The van der Waals surface area contributed by atoms with Crippen LogP contribution in [0.3, 0.4) is 0 Å². The number of methoxy groups -OCH3 is 1. The van der Waals surface area contributed by atoms with E-state index in [0.717, 1.165) is 49.7 Å². The Morgan fingerprint density at radius 2 is 1.92 bits per heavy atom. The van der Waals surface area contributed by atoms with Crippen LogP contribution in [0.1, 0.15) is 67.3 Å². The van der Waals surface area contributed by atoms with Crippen molar-refractivity contribution in [3.05, 3.63) is 47.8 Å². The minimum absolute atomic E-state index is 0.190. The van der Waals surface area contributed by atoms with Crippen molar-refractivity contribution in [2.75, 3.05) is 19.0 Å². The van der Waals surface area contributed by atoms with Gasteiger partial charge in [-0.2, -0.15) is 10.4 Å². The van der Waals surface area contributed by atoms with Crippen LogP contribution in [-0.2, 0) is 9.53 Å². The second-order valence-electron chi connectivity index (χ2n) is 10.1. The summed E-state index contributed by atoms with van der Waals surface area (Å²) in [6.07, 6.45) is 8.47. The first-order valence-electron chi connectivity index (χ1n) is 12.6. The zero-order valence-electron chi connectivity index (χ0n) is 20.8. The molecule has 3 aliphatic carbocycles. The quantitative estimate of drug-likeness (QED) is 0.315. The molecule has 1 amide bonds. The molecule has 2 bridgehead atoms. The first-order valence-corrected chi connectivity index (χ1v) is 12.6. The standard InChI is InChI=1S/C27H30N6O4/c1-37-24(34)3-2-12-29-25(35)20-17-30-22(23-5-4-19-13-18(15-28)16-31-33(19)23)14-21(20)32-26-6-9-27(36,10-7-26)11-8-26/h4-5,13-14,16-17,36H,2-3,6-12H2,1H3,(H,29,35)(H,30,32). The molecule has 3 N–H and O–H groups in total. The molecule has 3 aliphatic rings. The maximum Gasteiger partial charge on any atom is 0.305 e. The van der Waals surface area contributed by atoms with E-state index in [-0.39, 0.29) is 23.8 Å². The minimum atomic E-state index is -0.564. The third-order valence-electron chi connectivity index (χ3n) is 7.72. The van der Waals surface area contributed by atoms with Gasteiger partial charge in [-0.25, -0.2) is 4.52 Å². The second-order valence-corrected chi connectivity index (χ2v) is 10.1. The van der Waals surface area contributed by atoms with Crippen LogP contribution in [0.5, 0.6) is 0 Å². The Labute approximate surface area is 214 Å². The third kappa shape index (κ3) is 5.00. The molecule has 0 unspecified atom stereocenters. The molecule has 6 rings (SSSR count). The minimum Gasteiger partial charge on any atom is -0.469 e. The molecule has 10 nitrogen and oxygen atoms in total. The van der Waals surface area contributed by atoms with Gasteiger partial charge < -0.3 is 20.5 Å². The van der Waals surface area contributed by atoms with E-state index in [9.17, 15) is 20.0 Å². The Kier molecular flexibility index (Phi) is 6.56. The smallest absolute Gasteiger partial charge is 0.305 e. The summed E-state index contributed by atoms with van der Waals surface area (Å²) < 4.78 is 6.38. The number of carbonyl (C=O) groups excluding carboxylic acids is 2. The topological polar surface area (TPSA) is 142 Å². The number of fused-ring (bicyclic) bond motifs is 4. The zero-order chi connectivity index (χ0) is 26.0. The second kappa shape index (κ2) is 9.82. The van der Waals surface area contributed by atoms with Crippen molar-refractivity contribution in [1.82, 2.24) is 19.9 Å². The molecule has 0 atom stereocenters. The van der Waals surface area contributed by atoms with Gasteiger partial charge in [-0.15, -0.1) is 0 Å². The summed E-state index contributed by atoms with van der Waals surface area (Å²) in [6.45, 7) is 0.335. The summed E-state index contributed by atoms with van der Waals surface area (Å²) in [6, 6.07) is 9.50. The molecular weight excluding hydrogens is 472 g/mol. The fraction of sp³-hybridized carbons (Fsp3) is 0.444. The van der Waals surface area contributed by atoms with Gasteiger partial charge in [0.05, 0.1) is 52.6 Å². The summed E-state index contributed by atoms with van der Waals surface area (Å²) in [7, 11) is 1.34. The molecule has 0 aromatic carbocycles. The van der Waals surface area contributed by atoms with E-state index in [4.69, 9.17) is 0 Å². The van der Waals surface area contributed by atoms with Crippen LogP contribution in [0, 0.1) is 11.3 Å². The first kappa shape index (κ1) is 24.7. The number of nitrogens with one attached hydrogen (secondary N) is 2. The Morgan fingerprint density at radius 3 is 2.62 bits per heavy atom. The van der Waals surface area contributed by atoms with Crippen LogP contribution in [0.25, 0.3) is 16.9 Å². The van der Waals surface area contributed by atoms with E-state index in [1.165, 1.54) is 13.3 Å². The molecule has 0 saturated heterocycles. The monoisotopic (exact) mass is 502 g/mol. The summed E-state index contributed by atoms with van der Waals surface area (Å²) >= 11 is 0. The molecule has 0 spiro atoms. The lowest BCUT2D eigenvalue weighted by molar-refractivity contribution is -0.140. The highest BCUT2D eigenvalue weighted by atomic mass is 16.5. The number of aromatic nitrogens is 3. The zero-order valence-corrected chi connectivity index (χ0v) is 20.8. The summed E-state index contributed by atoms with van der Waals surface area (Å²) in [4.78, 5) is 29.1. The first-order chi connectivity index (χ1) is 17.8. The number of pyridine rings is 1. The number of hydrogen-bond donors (Lipinski definition) is 3. The van der Waals surface area contributed by atoms with Gasteiger partial charge in [-0.1, -0.05) is 0 Å². The number of aliphatic hydroxyl groups is 1. The highest BCUT2D eigenvalue weighted by Gasteiger charge is 2.48. The van der Waals surface area contributed by atoms with Crippen molar-refractivity contribution in [2.45, 2.75) is 62.5 Å². The lowest BCUT2D eigenvalue weighted by atomic mass is 9.63. The SMILES string of the molecule is COC(=O)CCCNC(=O)c1cnc(-c2ccc3cc(C#N)cnn23)cc1NC12CCC(O)(CC1)CC2. The maximum absolute atomic E-state index is 13.2. The Morgan fingerprint density at radius 1 is 1.16 bits per heavy atom. The van der Waals surface area contributed by atoms with Crippen LogP contribution in [0.4, 0.5) is 5.69 Å². The van der Waals surface area contributed by atoms with Crippen LogP contribution in [0.15, 0.2) is 36.7 Å². The normalized spacial score (nSPS) is 22.4. The number of hydrogen-bond acceptors (Lipinski definition) is 8. The molecule has 10 heteroatoms. The molecule has 3 fully saturated rings. The van der Waals surface area contributed by atoms with Crippen molar-refractivity contribution >= 4 is 23.1 Å². The van der Waals surface area contributed by atoms with E-state index in [0.29, 0.717) is 35.5 Å². The lowest BCUT2D eigenvalue weighted by Crippen LogP contribution is -2.54. The Hall–Kier alpha value is -3.97. The van der Waals surface area contributed by atoms with E-state index >= 15 is 0 Å². The van der Waals surface area contributed by atoms with Gasteiger partial charge >= 0.3 is 5.97 Å². The van der Waals surface area contributed by atoms with Crippen molar-refractivity contribution < 1.29 is 19.4 Å². The van der Waals surface area contributed by atoms with E-state index < -0.39 is 5.60 Å². The van der Waals surface area contributed by atoms with Crippen molar-refractivity contribution in [2.24, 2.45) is 0 Å². The van der Waals surface area contributed by atoms with Gasteiger partial charge in [0.2, 0.25) is 0 Å². The molecule has 37 heavy (non-hydrogen) atoms. The number of amides is 1. The number of nitriles is 1. The fourth-order valence-electron chi connectivity index (χ4n) is 5.41. The highest BCUT2D eigenvalue weighted by Crippen LogP contribution is 2.48. The van der Waals surface area contributed by atoms with Crippen molar-refractivity contribution in [3.8, 4) is 17.5 Å². The average Bonchev–Trinajstić information content (AvgIpc) is 3.35. The van der Waals surface area contributed by atoms with Gasteiger partial charge in [0, 0.05) is 24.7 Å². The van der Waals surface area contributed by atoms with Gasteiger partial charge in [-0.05, 0) is 69.2 Å². The van der Waals surface area contributed by atoms with Gasteiger partial charge in [0.1, 0.15) is 6.07 Å². The molecule has 0 aliphatic heterocycles. The molecule has 192 valence electrons. The molecule has 3 heterocycles. The average molecular weight is 503 g/mol. The Balaban J connectivity index is 1.45. The summed E-state index contributed by atoms with van der Waals surface area (Å²) in [5.41, 5.74) is 2.97. The number of anilines is 1. The summed E-state index contributed by atoms with van der Waals surface area (Å²) in [5.74, 6) is -0.589. The predicted molar refractivity (Wildman–Crippen MR) is 136 cm³/mol.